The number of hydrogen-bond donors (Lipinski definition) is 2. The molecule has 0 aliphatic rings. The van der Waals surface area contributed by atoms with E-state index in [0.717, 1.165) is 12.1 Å². The molecule has 3 N–H and O–H groups in total. The van der Waals surface area contributed by atoms with Crippen molar-refractivity contribution in [3.8, 4) is 0 Å². The Balaban J connectivity index is 2.20. The fraction of sp³-hybridized carbons (Fsp3) is 0. The highest BCUT2D eigenvalue weighted by molar-refractivity contribution is 6.31. The number of benzene rings is 2. The van der Waals surface area contributed by atoms with Crippen molar-refractivity contribution in [2.75, 3.05) is 11.1 Å². The van der Waals surface area contributed by atoms with Crippen LogP contribution in [0, 0.1) is 11.6 Å². The number of rotatable bonds is 2. The minimum atomic E-state index is -0.630. The predicted octanol–water partition coefficient (Wildman–Crippen LogP) is 3.45. The summed E-state index contributed by atoms with van der Waals surface area (Å²) >= 11 is 5.58. The Kier molecular flexibility index (Phi) is 3.66. The fourth-order valence-corrected chi connectivity index (χ4v) is 1.63. The van der Waals surface area contributed by atoms with Gasteiger partial charge in [-0.25, -0.2) is 8.78 Å². The zero-order valence-electron chi connectivity index (χ0n) is 9.58. The molecule has 0 unspecified atom stereocenters. The van der Waals surface area contributed by atoms with Gasteiger partial charge in [0.05, 0.1) is 10.7 Å². The van der Waals surface area contributed by atoms with Gasteiger partial charge in [-0.15, -0.1) is 0 Å². The van der Waals surface area contributed by atoms with Gasteiger partial charge in [0.25, 0.3) is 5.91 Å². The quantitative estimate of drug-likeness (QED) is 0.829. The Bertz CT molecular complexity index is 647. The molecule has 0 aromatic heterocycles. The van der Waals surface area contributed by atoms with Gasteiger partial charge < -0.3 is 11.1 Å². The third-order valence-electron chi connectivity index (χ3n) is 2.44. The lowest BCUT2D eigenvalue weighted by molar-refractivity contribution is 0.102. The third kappa shape index (κ3) is 3.00. The summed E-state index contributed by atoms with van der Waals surface area (Å²) in [5.41, 5.74) is 5.73. The maximum Gasteiger partial charge on any atom is 0.255 e. The normalized spacial score (nSPS) is 10.3. The first-order valence-electron chi connectivity index (χ1n) is 5.29. The molecule has 0 spiro atoms. The summed E-state index contributed by atoms with van der Waals surface area (Å²) in [5.74, 6) is -1.77. The predicted molar refractivity (Wildman–Crippen MR) is 70.2 cm³/mol. The maximum atomic E-state index is 13.2. The number of hydrogen-bond acceptors (Lipinski definition) is 2. The van der Waals surface area contributed by atoms with Crippen LogP contribution in [0.2, 0.25) is 5.02 Å². The van der Waals surface area contributed by atoms with Crippen LogP contribution in [0.4, 0.5) is 20.2 Å². The Morgan fingerprint density at radius 3 is 2.47 bits per heavy atom. The molecule has 3 nitrogen and oxygen atoms in total. The number of amides is 1. The van der Waals surface area contributed by atoms with Crippen molar-refractivity contribution in [2.45, 2.75) is 0 Å². The van der Waals surface area contributed by atoms with Gasteiger partial charge in [0.15, 0.2) is 0 Å². The van der Waals surface area contributed by atoms with Crippen LogP contribution in [0.25, 0.3) is 0 Å². The summed E-state index contributed by atoms with van der Waals surface area (Å²) in [5, 5.41) is 2.30. The van der Waals surface area contributed by atoms with Crippen molar-refractivity contribution in [1.29, 1.82) is 0 Å². The molecule has 19 heavy (non-hydrogen) atoms. The lowest BCUT2D eigenvalue weighted by Gasteiger charge is -2.07. The van der Waals surface area contributed by atoms with Gasteiger partial charge in [-0.05, 0) is 36.4 Å². The summed E-state index contributed by atoms with van der Waals surface area (Å²) in [6.07, 6.45) is 0. The number of anilines is 2. The van der Waals surface area contributed by atoms with E-state index in [1.54, 1.807) is 0 Å². The minimum absolute atomic E-state index is 0.0113. The number of nitrogens with one attached hydrogen (secondary N) is 1. The third-order valence-corrected chi connectivity index (χ3v) is 2.73. The molecule has 0 atom stereocenters. The Hall–Kier alpha value is -2.14. The van der Waals surface area contributed by atoms with E-state index in [2.05, 4.69) is 5.32 Å². The van der Waals surface area contributed by atoms with E-state index in [9.17, 15) is 13.6 Å². The van der Waals surface area contributed by atoms with Crippen molar-refractivity contribution in [3.63, 3.8) is 0 Å². The van der Waals surface area contributed by atoms with E-state index < -0.39 is 17.5 Å². The van der Waals surface area contributed by atoms with E-state index in [-0.39, 0.29) is 22.0 Å². The zero-order chi connectivity index (χ0) is 14.0. The summed E-state index contributed by atoms with van der Waals surface area (Å²) < 4.78 is 26.2. The molecule has 2 aromatic carbocycles. The molecule has 98 valence electrons. The van der Waals surface area contributed by atoms with E-state index in [1.807, 2.05) is 0 Å². The molecular weight excluding hydrogens is 274 g/mol. The van der Waals surface area contributed by atoms with Crippen molar-refractivity contribution in [1.82, 2.24) is 0 Å². The molecule has 1 amide bonds. The topological polar surface area (TPSA) is 55.1 Å². The molecule has 0 fully saturated rings. The van der Waals surface area contributed by atoms with Crippen molar-refractivity contribution in [2.24, 2.45) is 0 Å². The van der Waals surface area contributed by atoms with Gasteiger partial charge >= 0.3 is 0 Å². The SMILES string of the molecule is Nc1ccc(NC(=O)c2ccc(F)c(Cl)c2)cc1F. The van der Waals surface area contributed by atoms with Crippen LogP contribution in [0.15, 0.2) is 36.4 Å². The van der Waals surface area contributed by atoms with E-state index in [0.29, 0.717) is 0 Å². The number of nitrogens with two attached hydrogens (primary N) is 1. The van der Waals surface area contributed by atoms with Crippen LogP contribution in [0.5, 0.6) is 0 Å². The first kappa shape index (κ1) is 13.3. The number of carbonyl (C=O) groups is 1. The monoisotopic (exact) mass is 282 g/mol. The second-order valence-electron chi connectivity index (χ2n) is 3.82. The van der Waals surface area contributed by atoms with Gasteiger partial charge in [0.2, 0.25) is 0 Å². The van der Waals surface area contributed by atoms with E-state index in [1.165, 1.54) is 24.3 Å². The van der Waals surface area contributed by atoms with Gasteiger partial charge in [0.1, 0.15) is 11.6 Å². The largest absolute Gasteiger partial charge is 0.396 e. The molecule has 0 saturated carbocycles. The van der Waals surface area contributed by atoms with Crippen LogP contribution in [0.3, 0.4) is 0 Å². The summed E-state index contributed by atoms with van der Waals surface area (Å²) in [6, 6.07) is 7.45. The molecule has 0 bridgehead atoms. The highest BCUT2D eigenvalue weighted by Gasteiger charge is 2.10. The molecule has 0 aliphatic heterocycles. The fourth-order valence-electron chi connectivity index (χ4n) is 1.45. The molecule has 2 rings (SSSR count). The molecule has 0 heterocycles. The van der Waals surface area contributed by atoms with Crippen LogP contribution in [0.1, 0.15) is 10.4 Å². The zero-order valence-corrected chi connectivity index (χ0v) is 10.3. The Morgan fingerprint density at radius 2 is 1.84 bits per heavy atom. The molecule has 0 aliphatic carbocycles. The number of halogens is 3. The lowest BCUT2D eigenvalue weighted by atomic mass is 10.2. The Labute approximate surface area is 113 Å². The number of nitrogen functional groups attached to an aromatic ring is 1. The average molecular weight is 283 g/mol. The summed E-state index contributed by atoms with van der Waals surface area (Å²) in [7, 11) is 0. The van der Waals surface area contributed by atoms with Crippen molar-refractivity contribution >= 4 is 28.9 Å². The summed E-state index contributed by atoms with van der Waals surface area (Å²) in [6.45, 7) is 0. The van der Waals surface area contributed by atoms with Crippen LogP contribution < -0.4 is 11.1 Å². The van der Waals surface area contributed by atoms with Gasteiger partial charge in [0, 0.05) is 11.3 Å². The van der Waals surface area contributed by atoms with Gasteiger partial charge in [-0.3, -0.25) is 4.79 Å². The molecule has 0 saturated heterocycles. The van der Waals surface area contributed by atoms with Gasteiger partial charge in [-0.1, -0.05) is 11.6 Å². The van der Waals surface area contributed by atoms with Crippen molar-refractivity contribution < 1.29 is 13.6 Å². The lowest BCUT2D eigenvalue weighted by Crippen LogP contribution is -2.12. The van der Waals surface area contributed by atoms with Crippen LogP contribution in [-0.2, 0) is 0 Å². The average Bonchev–Trinajstić information content (AvgIpc) is 2.37. The Morgan fingerprint density at radius 1 is 1.11 bits per heavy atom. The molecule has 6 heteroatoms. The highest BCUT2D eigenvalue weighted by atomic mass is 35.5. The second-order valence-corrected chi connectivity index (χ2v) is 4.23. The second kappa shape index (κ2) is 5.24. The van der Waals surface area contributed by atoms with Crippen molar-refractivity contribution in [3.05, 3.63) is 58.6 Å². The molecule has 2 aromatic rings. The maximum absolute atomic E-state index is 13.2. The van der Waals surface area contributed by atoms with E-state index >= 15 is 0 Å². The first-order chi connectivity index (χ1) is 8.97. The standard InChI is InChI=1S/C13H9ClF2N2O/c14-9-5-7(1-3-10(9)15)13(19)18-8-2-4-12(17)11(16)6-8/h1-6H,17H2,(H,18,19). The smallest absolute Gasteiger partial charge is 0.255 e. The van der Waals surface area contributed by atoms with Gasteiger partial charge in [-0.2, -0.15) is 0 Å². The molecular formula is C13H9ClF2N2O. The van der Waals surface area contributed by atoms with Crippen LogP contribution in [-0.4, -0.2) is 5.91 Å². The van der Waals surface area contributed by atoms with E-state index in [4.69, 9.17) is 17.3 Å². The molecule has 0 radical (unpaired) electrons. The summed E-state index contributed by atoms with van der Waals surface area (Å²) in [4.78, 5) is 11.8. The van der Waals surface area contributed by atoms with Crippen LogP contribution >= 0.6 is 11.6 Å². The first-order valence-corrected chi connectivity index (χ1v) is 5.66. The highest BCUT2D eigenvalue weighted by Crippen LogP contribution is 2.19. The minimum Gasteiger partial charge on any atom is -0.396 e. The number of carbonyl (C=O) groups excluding carboxylic acids is 1.